The first kappa shape index (κ1) is 26.5. The van der Waals surface area contributed by atoms with Crippen LogP contribution in [0.15, 0.2) is 138 Å². The third kappa shape index (κ3) is 4.09. The van der Waals surface area contributed by atoms with Gasteiger partial charge in [0.05, 0.1) is 5.39 Å². The zero-order chi connectivity index (χ0) is 30.8. The summed E-state index contributed by atoms with van der Waals surface area (Å²) in [5.74, 6) is 1.85. The van der Waals surface area contributed by atoms with Crippen LogP contribution in [-0.4, -0.2) is 19.9 Å². The standard InChI is InChI=1S/C41H28N4O/c1-41(2)33-16-10-9-15-30(33)31-19-17-27(23-34(31)41)38-43-37(26-13-7-4-8-14-26)44-39(45-38)28-18-20-32-35(24-28)46-40-36(32)29(21-22-42-40)25-11-5-3-6-12-25/h3-24H,1-2H3. The molecule has 0 atom stereocenters. The van der Waals surface area contributed by atoms with Gasteiger partial charge in [0.25, 0.3) is 0 Å². The maximum atomic E-state index is 6.33. The van der Waals surface area contributed by atoms with Crippen LogP contribution in [0.2, 0.25) is 0 Å². The van der Waals surface area contributed by atoms with Gasteiger partial charge < -0.3 is 4.42 Å². The van der Waals surface area contributed by atoms with Crippen molar-refractivity contribution < 1.29 is 4.42 Å². The molecule has 0 N–H and O–H groups in total. The summed E-state index contributed by atoms with van der Waals surface area (Å²) < 4.78 is 6.33. The van der Waals surface area contributed by atoms with Crippen molar-refractivity contribution in [2.24, 2.45) is 0 Å². The number of aromatic nitrogens is 4. The number of pyridine rings is 1. The number of rotatable bonds is 4. The highest BCUT2D eigenvalue weighted by Crippen LogP contribution is 2.49. The van der Waals surface area contributed by atoms with E-state index >= 15 is 0 Å². The number of hydrogen-bond acceptors (Lipinski definition) is 5. The highest BCUT2D eigenvalue weighted by Gasteiger charge is 2.35. The Labute approximate surface area is 266 Å². The van der Waals surface area contributed by atoms with E-state index in [-0.39, 0.29) is 5.41 Å². The monoisotopic (exact) mass is 592 g/mol. The van der Waals surface area contributed by atoms with Crippen molar-refractivity contribution in [3.63, 3.8) is 0 Å². The smallest absolute Gasteiger partial charge is 0.227 e. The molecule has 0 unspecified atom stereocenters. The molecule has 0 spiro atoms. The van der Waals surface area contributed by atoms with E-state index in [1.165, 1.54) is 22.3 Å². The summed E-state index contributed by atoms with van der Waals surface area (Å²) in [6.07, 6.45) is 1.80. The van der Waals surface area contributed by atoms with E-state index in [1.807, 2.05) is 60.7 Å². The van der Waals surface area contributed by atoms with Crippen LogP contribution in [0.4, 0.5) is 0 Å². The largest absolute Gasteiger partial charge is 0.438 e. The maximum absolute atomic E-state index is 6.33. The number of furan rings is 1. The fraction of sp³-hybridized carbons (Fsp3) is 0.0732. The molecule has 8 aromatic rings. The normalized spacial score (nSPS) is 13.2. The Balaban J connectivity index is 1.21. The lowest BCUT2D eigenvalue weighted by Crippen LogP contribution is -2.15. The fourth-order valence-corrected chi connectivity index (χ4v) is 6.89. The first-order valence-corrected chi connectivity index (χ1v) is 15.5. The molecule has 0 fully saturated rings. The van der Waals surface area contributed by atoms with Crippen molar-refractivity contribution in [1.82, 2.24) is 19.9 Å². The van der Waals surface area contributed by atoms with Gasteiger partial charge in [0.15, 0.2) is 17.5 Å². The Kier molecular flexibility index (Phi) is 5.78. The lowest BCUT2D eigenvalue weighted by atomic mass is 9.82. The summed E-state index contributed by atoms with van der Waals surface area (Å²) in [4.78, 5) is 19.6. The predicted molar refractivity (Wildman–Crippen MR) is 184 cm³/mol. The van der Waals surface area contributed by atoms with Crippen LogP contribution in [0.3, 0.4) is 0 Å². The van der Waals surface area contributed by atoms with Crippen LogP contribution in [0.1, 0.15) is 25.0 Å². The summed E-state index contributed by atoms with van der Waals surface area (Å²) in [5.41, 5.74) is 11.4. The number of hydrogen-bond donors (Lipinski definition) is 0. The summed E-state index contributed by atoms with van der Waals surface area (Å²) >= 11 is 0. The minimum absolute atomic E-state index is 0.126. The molecule has 5 aromatic carbocycles. The summed E-state index contributed by atoms with van der Waals surface area (Å²) in [5, 5.41) is 2.00. The maximum Gasteiger partial charge on any atom is 0.227 e. The average molecular weight is 593 g/mol. The van der Waals surface area contributed by atoms with Crippen molar-refractivity contribution in [3.05, 3.63) is 145 Å². The van der Waals surface area contributed by atoms with Gasteiger partial charge in [-0.1, -0.05) is 117 Å². The molecule has 0 aliphatic heterocycles. The van der Waals surface area contributed by atoms with E-state index in [4.69, 9.17) is 19.4 Å². The van der Waals surface area contributed by atoms with Gasteiger partial charge in [-0.05, 0) is 57.6 Å². The molecular formula is C41H28N4O. The third-order valence-electron chi connectivity index (χ3n) is 9.23. The first-order chi connectivity index (χ1) is 22.5. The van der Waals surface area contributed by atoms with Gasteiger partial charge in [-0.25, -0.2) is 19.9 Å². The number of nitrogens with zero attached hydrogens (tertiary/aromatic N) is 4. The molecule has 5 heteroatoms. The van der Waals surface area contributed by atoms with Gasteiger partial charge in [0.2, 0.25) is 5.71 Å². The van der Waals surface area contributed by atoms with Crippen LogP contribution < -0.4 is 0 Å². The molecule has 0 amide bonds. The van der Waals surface area contributed by atoms with Gasteiger partial charge >= 0.3 is 0 Å². The average Bonchev–Trinajstić information content (AvgIpc) is 3.60. The highest BCUT2D eigenvalue weighted by molar-refractivity contribution is 6.11. The highest BCUT2D eigenvalue weighted by atomic mass is 16.3. The van der Waals surface area contributed by atoms with Gasteiger partial charge in [-0.2, -0.15) is 0 Å². The fourth-order valence-electron chi connectivity index (χ4n) is 6.89. The molecule has 1 aliphatic rings. The Morgan fingerprint density at radius 3 is 1.87 bits per heavy atom. The van der Waals surface area contributed by atoms with Crippen molar-refractivity contribution in [2.75, 3.05) is 0 Å². The minimum Gasteiger partial charge on any atom is -0.438 e. The van der Waals surface area contributed by atoms with Gasteiger partial charge in [-0.15, -0.1) is 0 Å². The van der Waals surface area contributed by atoms with Crippen molar-refractivity contribution in [1.29, 1.82) is 0 Å². The molecule has 218 valence electrons. The molecule has 0 saturated heterocycles. The molecule has 1 aliphatic carbocycles. The lowest BCUT2D eigenvalue weighted by molar-refractivity contribution is 0.654. The zero-order valence-electron chi connectivity index (χ0n) is 25.4. The SMILES string of the molecule is CC1(C)c2ccccc2-c2ccc(-c3nc(-c4ccccc4)nc(-c4ccc5c(c4)oc4nccc(-c6ccccc6)c45)n3)cc21. The van der Waals surface area contributed by atoms with Crippen LogP contribution in [0.5, 0.6) is 0 Å². The molecule has 46 heavy (non-hydrogen) atoms. The van der Waals surface area contributed by atoms with Crippen LogP contribution >= 0.6 is 0 Å². The van der Waals surface area contributed by atoms with Crippen molar-refractivity contribution in [3.8, 4) is 56.4 Å². The molecular weight excluding hydrogens is 564 g/mol. The van der Waals surface area contributed by atoms with Gasteiger partial charge in [-0.3, -0.25) is 0 Å². The second kappa shape index (κ2) is 10.0. The van der Waals surface area contributed by atoms with E-state index in [0.717, 1.165) is 44.2 Å². The molecule has 0 bridgehead atoms. The second-order valence-electron chi connectivity index (χ2n) is 12.3. The van der Waals surface area contributed by atoms with Crippen molar-refractivity contribution >= 4 is 22.1 Å². The Morgan fingerprint density at radius 1 is 0.500 bits per heavy atom. The topological polar surface area (TPSA) is 64.7 Å². The van der Waals surface area contributed by atoms with Crippen LogP contribution in [-0.2, 0) is 5.41 Å². The van der Waals surface area contributed by atoms with E-state index in [0.29, 0.717) is 23.2 Å². The second-order valence-corrected chi connectivity index (χ2v) is 12.3. The van der Waals surface area contributed by atoms with E-state index in [2.05, 4.69) is 85.6 Å². The molecule has 0 saturated carbocycles. The minimum atomic E-state index is -0.126. The van der Waals surface area contributed by atoms with E-state index in [1.54, 1.807) is 6.20 Å². The van der Waals surface area contributed by atoms with Gasteiger partial charge in [0, 0.05) is 33.7 Å². The van der Waals surface area contributed by atoms with Crippen molar-refractivity contribution in [2.45, 2.75) is 19.3 Å². The molecule has 3 aromatic heterocycles. The Hall–Kier alpha value is -5.94. The van der Waals surface area contributed by atoms with Crippen LogP contribution in [0.25, 0.3) is 78.5 Å². The third-order valence-corrected chi connectivity index (χ3v) is 9.23. The molecule has 3 heterocycles. The zero-order valence-corrected chi connectivity index (χ0v) is 25.4. The quantitative estimate of drug-likeness (QED) is 0.203. The molecule has 5 nitrogen and oxygen atoms in total. The summed E-state index contributed by atoms with van der Waals surface area (Å²) in [7, 11) is 0. The van der Waals surface area contributed by atoms with E-state index < -0.39 is 0 Å². The molecule has 0 radical (unpaired) electrons. The summed E-state index contributed by atoms with van der Waals surface area (Å²) in [6.45, 7) is 4.58. The summed E-state index contributed by atoms with van der Waals surface area (Å²) in [6, 6.07) is 43.9. The van der Waals surface area contributed by atoms with Gasteiger partial charge in [0.1, 0.15) is 5.58 Å². The Morgan fingerprint density at radius 2 is 1.11 bits per heavy atom. The predicted octanol–water partition coefficient (Wildman–Crippen LogP) is 10.1. The first-order valence-electron chi connectivity index (χ1n) is 15.5. The van der Waals surface area contributed by atoms with Crippen LogP contribution in [0, 0.1) is 0 Å². The van der Waals surface area contributed by atoms with E-state index in [9.17, 15) is 0 Å². The molecule has 9 rings (SSSR count). The number of fused-ring (bicyclic) bond motifs is 6. The lowest BCUT2D eigenvalue weighted by Gasteiger charge is -2.21. The number of benzene rings is 5. The Bertz CT molecular complexity index is 2450.